The zero-order valence-electron chi connectivity index (χ0n) is 10.3. The molecule has 18 heavy (non-hydrogen) atoms. The molecule has 2 saturated heterocycles. The van der Waals surface area contributed by atoms with Crippen LogP contribution in [0.1, 0.15) is 19.8 Å². The van der Waals surface area contributed by atoms with Crippen molar-refractivity contribution in [2.45, 2.75) is 50.3 Å². The second-order valence-corrected chi connectivity index (χ2v) is 4.69. The Hall–Kier alpha value is -0.890. The number of hydrogen-bond acceptors (Lipinski definition) is 6. The van der Waals surface area contributed by atoms with Crippen molar-refractivity contribution in [3.8, 4) is 0 Å². The fourth-order valence-corrected chi connectivity index (χ4v) is 2.26. The van der Waals surface area contributed by atoms with Crippen LogP contribution >= 0.6 is 0 Å². The van der Waals surface area contributed by atoms with Gasteiger partial charge in [0.25, 0.3) is 6.02 Å². The maximum atomic E-state index is 9.91. The molecule has 0 aromatic rings. The molecular formula is C11H20N2O5. The lowest BCUT2D eigenvalue weighted by Crippen LogP contribution is -2.65. The lowest BCUT2D eigenvalue weighted by Gasteiger charge is -2.42. The van der Waals surface area contributed by atoms with Gasteiger partial charge >= 0.3 is 0 Å². The zero-order chi connectivity index (χ0) is 13.3. The summed E-state index contributed by atoms with van der Waals surface area (Å²) in [5, 5.41) is 39.0. The van der Waals surface area contributed by atoms with Gasteiger partial charge in [0.15, 0.2) is 6.23 Å². The molecule has 7 nitrogen and oxygen atoms in total. The van der Waals surface area contributed by atoms with Crippen LogP contribution in [0, 0.1) is 0 Å². The Bertz CT molecular complexity index is 325. The third kappa shape index (κ3) is 2.18. The number of aliphatic imine (C=N–C) groups is 1. The van der Waals surface area contributed by atoms with Crippen LogP contribution in [0.2, 0.25) is 0 Å². The summed E-state index contributed by atoms with van der Waals surface area (Å²) in [6.07, 6.45) is -3.39. The molecule has 2 aliphatic heterocycles. The monoisotopic (exact) mass is 260 g/mol. The Morgan fingerprint density at radius 2 is 1.94 bits per heavy atom. The molecule has 0 aromatic carbocycles. The van der Waals surface area contributed by atoms with Crippen LogP contribution in [0.4, 0.5) is 0 Å². The molecular weight excluding hydrogens is 240 g/mol. The van der Waals surface area contributed by atoms with Crippen molar-refractivity contribution in [1.82, 2.24) is 4.90 Å². The number of piperidine rings is 1. The normalized spacial score (nSPS) is 41.9. The second-order valence-electron chi connectivity index (χ2n) is 4.69. The van der Waals surface area contributed by atoms with Gasteiger partial charge in [-0.05, 0) is 6.42 Å². The highest BCUT2D eigenvalue weighted by molar-refractivity contribution is 5.76. The molecule has 0 bridgehead atoms. The van der Waals surface area contributed by atoms with Gasteiger partial charge in [-0.3, -0.25) is 4.90 Å². The van der Waals surface area contributed by atoms with E-state index in [-0.39, 0.29) is 12.6 Å². The molecule has 2 rings (SSSR count). The van der Waals surface area contributed by atoms with Crippen LogP contribution in [0.3, 0.4) is 0 Å². The first-order valence-corrected chi connectivity index (χ1v) is 6.25. The van der Waals surface area contributed by atoms with E-state index in [0.29, 0.717) is 6.54 Å². The SMILES string of the molecule is CCCCN=C1OC[C@@H]2[C@@H](O)[C@H](O)[C@@H](O)[C@@H](O)N12. The van der Waals surface area contributed by atoms with E-state index < -0.39 is 30.6 Å². The first-order valence-electron chi connectivity index (χ1n) is 6.25. The van der Waals surface area contributed by atoms with Gasteiger partial charge in [-0.1, -0.05) is 13.3 Å². The van der Waals surface area contributed by atoms with Crippen molar-refractivity contribution < 1.29 is 25.2 Å². The van der Waals surface area contributed by atoms with Gasteiger partial charge < -0.3 is 25.2 Å². The summed E-state index contributed by atoms with van der Waals surface area (Å²) in [6.45, 7) is 2.75. The van der Waals surface area contributed by atoms with Crippen molar-refractivity contribution in [2.24, 2.45) is 4.99 Å². The molecule has 7 heteroatoms. The highest BCUT2D eigenvalue weighted by Crippen LogP contribution is 2.28. The molecule has 0 spiro atoms. The molecule has 4 N–H and O–H groups in total. The molecule has 0 radical (unpaired) electrons. The first kappa shape index (κ1) is 13.5. The molecule has 2 heterocycles. The Labute approximate surface area is 105 Å². The summed E-state index contributed by atoms with van der Waals surface area (Å²) >= 11 is 0. The van der Waals surface area contributed by atoms with E-state index >= 15 is 0 Å². The number of hydrogen-bond donors (Lipinski definition) is 4. The summed E-state index contributed by atoms with van der Waals surface area (Å²) in [5.41, 5.74) is 0. The second kappa shape index (κ2) is 5.40. The Balaban J connectivity index is 2.13. The molecule has 0 unspecified atom stereocenters. The summed E-state index contributed by atoms with van der Waals surface area (Å²) in [6, 6.07) is -0.343. The summed E-state index contributed by atoms with van der Waals surface area (Å²) in [7, 11) is 0. The zero-order valence-corrected chi connectivity index (χ0v) is 10.3. The fourth-order valence-electron chi connectivity index (χ4n) is 2.26. The maximum absolute atomic E-state index is 9.91. The van der Waals surface area contributed by atoms with Crippen molar-refractivity contribution >= 4 is 6.02 Å². The van der Waals surface area contributed by atoms with E-state index in [1.807, 2.05) is 6.92 Å². The van der Waals surface area contributed by atoms with Crippen LogP contribution in [0.25, 0.3) is 0 Å². The number of aliphatic hydroxyl groups excluding tert-OH is 4. The number of unbranched alkanes of at least 4 members (excludes halogenated alkanes) is 1. The number of amidine groups is 1. The number of ether oxygens (including phenoxy) is 1. The molecule has 5 atom stereocenters. The highest BCUT2D eigenvalue weighted by Gasteiger charge is 2.52. The van der Waals surface area contributed by atoms with Gasteiger partial charge in [0.2, 0.25) is 0 Å². The summed E-state index contributed by atoms with van der Waals surface area (Å²) in [5.74, 6) is 0. The van der Waals surface area contributed by atoms with Crippen LogP contribution in [-0.2, 0) is 4.74 Å². The summed E-state index contributed by atoms with van der Waals surface area (Å²) < 4.78 is 5.32. The van der Waals surface area contributed by atoms with Crippen molar-refractivity contribution in [2.75, 3.05) is 13.2 Å². The van der Waals surface area contributed by atoms with Gasteiger partial charge in [-0.15, -0.1) is 0 Å². The average molecular weight is 260 g/mol. The van der Waals surface area contributed by atoms with Gasteiger partial charge in [0, 0.05) is 6.54 Å². The number of rotatable bonds is 3. The van der Waals surface area contributed by atoms with E-state index in [1.54, 1.807) is 0 Å². The standard InChI is InChI=1S/C11H20N2O5/c1-2-3-4-12-11-13-6(5-18-11)7(14)8(15)9(16)10(13)17/h6-10,14-17H,2-5H2,1H3/t6-,7-,8+,9-,10-/m1/s1. The van der Waals surface area contributed by atoms with Gasteiger partial charge in [-0.25, -0.2) is 4.99 Å². The summed E-state index contributed by atoms with van der Waals surface area (Å²) in [4.78, 5) is 5.54. The molecule has 2 aliphatic rings. The lowest BCUT2D eigenvalue weighted by atomic mass is 9.94. The molecule has 0 aliphatic carbocycles. The Morgan fingerprint density at radius 1 is 1.22 bits per heavy atom. The van der Waals surface area contributed by atoms with Gasteiger partial charge in [0.05, 0.1) is 6.04 Å². The third-order valence-corrected chi connectivity index (χ3v) is 3.40. The van der Waals surface area contributed by atoms with E-state index in [4.69, 9.17) is 4.74 Å². The predicted octanol–water partition coefficient (Wildman–Crippen LogP) is -1.74. The highest BCUT2D eigenvalue weighted by atomic mass is 16.5. The van der Waals surface area contributed by atoms with Crippen molar-refractivity contribution in [1.29, 1.82) is 0 Å². The lowest BCUT2D eigenvalue weighted by molar-refractivity contribution is -0.190. The molecule has 0 amide bonds. The number of fused-ring (bicyclic) bond motifs is 1. The number of aliphatic hydroxyl groups is 4. The van der Waals surface area contributed by atoms with Crippen LogP contribution in [-0.4, -0.2) is 75.1 Å². The van der Waals surface area contributed by atoms with Gasteiger partial charge in [0.1, 0.15) is 24.9 Å². The largest absolute Gasteiger partial charge is 0.463 e. The molecule has 0 aromatic heterocycles. The number of nitrogens with zero attached hydrogens (tertiary/aromatic N) is 2. The Morgan fingerprint density at radius 3 is 2.61 bits per heavy atom. The van der Waals surface area contributed by atoms with E-state index in [2.05, 4.69) is 4.99 Å². The Kier molecular flexibility index (Phi) is 4.06. The van der Waals surface area contributed by atoms with E-state index in [1.165, 1.54) is 4.90 Å². The fraction of sp³-hybridized carbons (Fsp3) is 0.909. The van der Waals surface area contributed by atoms with E-state index in [9.17, 15) is 20.4 Å². The van der Waals surface area contributed by atoms with Crippen LogP contribution in [0.15, 0.2) is 4.99 Å². The minimum atomic E-state index is -1.44. The maximum Gasteiger partial charge on any atom is 0.290 e. The van der Waals surface area contributed by atoms with E-state index in [0.717, 1.165) is 12.8 Å². The topological polar surface area (TPSA) is 106 Å². The minimum absolute atomic E-state index is 0.146. The van der Waals surface area contributed by atoms with Crippen LogP contribution < -0.4 is 0 Å². The third-order valence-electron chi connectivity index (χ3n) is 3.40. The van der Waals surface area contributed by atoms with Gasteiger partial charge in [-0.2, -0.15) is 0 Å². The van der Waals surface area contributed by atoms with Crippen molar-refractivity contribution in [3.63, 3.8) is 0 Å². The molecule has 2 fully saturated rings. The molecule has 0 saturated carbocycles. The quantitative estimate of drug-likeness (QED) is 0.449. The average Bonchev–Trinajstić information content (AvgIpc) is 2.78. The minimum Gasteiger partial charge on any atom is -0.463 e. The van der Waals surface area contributed by atoms with Crippen LogP contribution in [0.5, 0.6) is 0 Å². The first-order chi connectivity index (χ1) is 8.57. The molecule has 104 valence electrons. The van der Waals surface area contributed by atoms with Crippen molar-refractivity contribution in [3.05, 3.63) is 0 Å². The smallest absolute Gasteiger partial charge is 0.290 e. The predicted molar refractivity (Wildman–Crippen MR) is 62.8 cm³/mol.